The first-order valence-electron chi connectivity index (χ1n) is 9.07. The van der Waals surface area contributed by atoms with E-state index in [1.165, 1.54) is 6.92 Å². The third-order valence-corrected chi connectivity index (χ3v) is 7.02. The molecule has 0 N–H and O–H groups in total. The Labute approximate surface area is 150 Å². The quantitative estimate of drug-likeness (QED) is 0.797. The first kappa shape index (κ1) is 18.4. The Morgan fingerprint density at radius 2 is 1.84 bits per heavy atom. The van der Waals surface area contributed by atoms with Crippen molar-refractivity contribution >= 4 is 21.6 Å². The highest BCUT2D eigenvalue weighted by Crippen LogP contribution is 2.31. The first-order valence-corrected chi connectivity index (χ1v) is 10.5. The molecule has 0 spiro atoms. The van der Waals surface area contributed by atoms with Gasteiger partial charge in [0.25, 0.3) is 0 Å². The molecule has 0 atom stereocenters. The predicted molar refractivity (Wildman–Crippen MR) is 98.3 cm³/mol. The lowest BCUT2D eigenvalue weighted by Crippen LogP contribution is -2.48. The molecule has 1 saturated heterocycles. The van der Waals surface area contributed by atoms with Gasteiger partial charge in [-0.15, -0.1) is 0 Å². The van der Waals surface area contributed by atoms with Gasteiger partial charge < -0.3 is 9.80 Å². The lowest BCUT2D eigenvalue weighted by atomic mass is 10.2. The standard InChI is InChI=1S/C18H27N3O3S/c1-3-4-8-19-10-12-20(13-11-19)25(23,24)17-5-6-18-16(14-17)7-9-21(18)15(2)22/h5-6,14H,3-4,7-13H2,1-2H3. The number of fused-ring (bicyclic) bond motifs is 1. The number of hydrogen-bond donors (Lipinski definition) is 0. The van der Waals surface area contributed by atoms with Crippen LogP contribution >= 0.6 is 0 Å². The Balaban J connectivity index is 1.73. The highest BCUT2D eigenvalue weighted by molar-refractivity contribution is 7.89. The average Bonchev–Trinajstić information content (AvgIpc) is 3.03. The molecular formula is C18H27N3O3S. The third-order valence-electron chi connectivity index (χ3n) is 5.12. The van der Waals surface area contributed by atoms with Crippen LogP contribution in [-0.2, 0) is 21.2 Å². The molecule has 3 rings (SSSR count). The van der Waals surface area contributed by atoms with Gasteiger partial charge in [-0.1, -0.05) is 13.3 Å². The predicted octanol–water partition coefficient (Wildman–Crippen LogP) is 1.70. The summed E-state index contributed by atoms with van der Waals surface area (Å²) in [7, 11) is -3.46. The largest absolute Gasteiger partial charge is 0.312 e. The molecule has 25 heavy (non-hydrogen) atoms. The second-order valence-electron chi connectivity index (χ2n) is 6.81. The zero-order valence-corrected chi connectivity index (χ0v) is 15.9. The van der Waals surface area contributed by atoms with Gasteiger partial charge in [0, 0.05) is 45.3 Å². The molecule has 1 aromatic carbocycles. The summed E-state index contributed by atoms with van der Waals surface area (Å²) < 4.78 is 27.5. The minimum Gasteiger partial charge on any atom is -0.312 e. The molecular weight excluding hydrogens is 338 g/mol. The van der Waals surface area contributed by atoms with E-state index in [0.29, 0.717) is 31.0 Å². The smallest absolute Gasteiger partial charge is 0.243 e. The van der Waals surface area contributed by atoms with Crippen LogP contribution < -0.4 is 4.90 Å². The molecule has 0 bridgehead atoms. The molecule has 0 radical (unpaired) electrons. The van der Waals surface area contributed by atoms with Crippen LogP contribution in [0.1, 0.15) is 32.3 Å². The van der Waals surface area contributed by atoms with Crippen molar-refractivity contribution in [3.63, 3.8) is 0 Å². The van der Waals surface area contributed by atoms with Gasteiger partial charge in [-0.2, -0.15) is 4.31 Å². The maximum Gasteiger partial charge on any atom is 0.243 e. The van der Waals surface area contributed by atoms with Gasteiger partial charge >= 0.3 is 0 Å². The summed E-state index contributed by atoms with van der Waals surface area (Å²) in [5.74, 6) is -0.00226. The number of unbranched alkanes of at least 4 members (excludes halogenated alkanes) is 1. The van der Waals surface area contributed by atoms with E-state index in [9.17, 15) is 13.2 Å². The lowest BCUT2D eigenvalue weighted by molar-refractivity contribution is -0.116. The summed E-state index contributed by atoms with van der Waals surface area (Å²) in [6.45, 7) is 8.06. The molecule has 6 nitrogen and oxygen atoms in total. The molecule has 0 saturated carbocycles. The monoisotopic (exact) mass is 365 g/mol. The zero-order valence-electron chi connectivity index (χ0n) is 15.1. The SMILES string of the molecule is CCCCN1CCN(S(=O)(=O)c2ccc3c(c2)CCN3C(C)=O)CC1. The van der Waals surface area contributed by atoms with Gasteiger partial charge in [0.05, 0.1) is 4.90 Å². The van der Waals surface area contributed by atoms with E-state index < -0.39 is 10.0 Å². The maximum atomic E-state index is 13.0. The Hall–Kier alpha value is -1.44. The maximum absolute atomic E-state index is 13.0. The summed E-state index contributed by atoms with van der Waals surface area (Å²) in [4.78, 5) is 16.0. The van der Waals surface area contributed by atoms with Gasteiger partial charge in [0.2, 0.25) is 15.9 Å². The summed E-state index contributed by atoms with van der Waals surface area (Å²) in [5.41, 5.74) is 1.79. The molecule has 2 aliphatic heterocycles. The minimum atomic E-state index is -3.46. The van der Waals surface area contributed by atoms with Crippen molar-refractivity contribution in [3.8, 4) is 0 Å². The third kappa shape index (κ3) is 3.73. The normalized spacial score (nSPS) is 19.2. The van der Waals surface area contributed by atoms with Crippen molar-refractivity contribution in [2.75, 3.05) is 44.2 Å². The van der Waals surface area contributed by atoms with Gasteiger partial charge in [0.1, 0.15) is 0 Å². The van der Waals surface area contributed by atoms with Gasteiger partial charge in [-0.25, -0.2) is 8.42 Å². The zero-order chi connectivity index (χ0) is 18.0. The van der Waals surface area contributed by atoms with E-state index in [-0.39, 0.29) is 5.91 Å². The van der Waals surface area contributed by atoms with Crippen LogP contribution in [0.4, 0.5) is 5.69 Å². The molecule has 138 valence electrons. The second kappa shape index (κ2) is 7.43. The van der Waals surface area contributed by atoms with Crippen molar-refractivity contribution < 1.29 is 13.2 Å². The number of amides is 1. The number of hydrogen-bond acceptors (Lipinski definition) is 4. The fourth-order valence-electron chi connectivity index (χ4n) is 3.59. The molecule has 7 heteroatoms. The van der Waals surface area contributed by atoms with E-state index in [0.717, 1.165) is 43.7 Å². The van der Waals surface area contributed by atoms with Crippen LogP contribution in [-0.4, -0.2) is 62.8 Å². The van der Waals surface area contributed by atoms with Crippen LogP contribution in [0.25, 0.3) is 0 Å². The molecule has 0 unspecified atom stereocenters. The number of rotatable bonds is 5. The number of benzene rings is 1. The topological polar surface area (TPSA) is 60.9 Å². The molecule has 0 aromatic heterocycles. The van der Waals surface area contributed by atoms with E-state index in [1.807, 2.05) is 0 Å². The number of piperazine rings is 1. The van der Waals surface area contributed by atoms with Crippen molar-refractivity contribution in [1.29, 1.82) is 0 Å². The Bertz CT molecular complexity index is 740. The summed E-state index contributed by atoms with van der Waals surface area (Å²) in [6, 6.07) is 5.16. The van der Waals surface area contributed by atoms with Crippen LogP contribution in [0.15, 0.2) is 23.1 Å². The number of carbonyl (C=O) groups is 1. The van der Waals surface area contributed by atoms with Crippen LogP contribution in [0.5, 0.6) is 0 Å². The Morgan fingerprint density at radius 3 is 2.48 bits per heavy atom. The summed E-state index contributed by atoms with van der Waals surface area (Å²) >= 11 is 0. The fraction of sp³-hybridized carbons (Fsp3) is 0.611. The summed E-state index contributed by atoms with van der Waals surface area (Å²) in [6.07, 6.45) is 3.03. The lowest BCUT2D eigenvalue weighted by Gasteiger charge is -2.34. The van der Waals surface area contributed by atoms with E-state index in [1.54, 1.807) is 27.4 Å². The molecule has 1 amide bonds. The Kier molecular flexibility index (Phi) is 5.46. The fourth-order valence-corrected chi connectivity index (χ4v) is 5.06. The Morgan fingerprint density at radius 1 is 1.12 bits per heavy atom. The number of carbonyl (C=O) groups excluding carboxylic acids is 1. The summed E-state index contributed by atoms with van der Waals surface area (Å²) in [5, 5.41) is 0. The molecule has 2 aliphatic rings. The van der Waals surface area contributed by atoms with Crippen LogP contribution in [0, 0.1) is 0 Å². The van der Waals surface area contributed by atoms with Gasteiger partial charge in [0.15, 0.2) is 0 Å². The van der Waals surface area contributed by atoms with Crippen LogP contribution in [0.2, 0.25) is 0 Å². The second-order valence-corrected chi connectivity index (χ2v) is 8.75. The van der Waals surface area contributed by atoms with Crippen molar-refractivity contribution in [3.05, 3.63) is 23.8 Å². The number of nitrogens with zero attached hydrogens (tertiary/aromatic N) is 3. The molecule has 1 aromatic rings. The first-order chi connectivity index (χ1) is 11.9. The minimum absolute atomic E-state index is 0.00226. The van der Waals surface area contributed by atoms with Crippen LogP contribution in [0.3, 0.4) is 0 Å². The highest BCUT2D eigenvalue weighted by Gasteiger charge is 2.30. The molecule has 2 heterocycles. The van der Waals surface area contributed by atoms with E-state index >= 15 is 0 Å². The van der Waals surface area contributed by atoms with E-state index in [2.05, 4.69) is 11.8 Å². The van der Waals surface area contributed by atoms with Gasteiger partial charge in [-0.3, -0.25) is 4.79 Å². The van der Waals surface area contributed by atoms with Crippen molar-refractivity contribution in [2.45, 2.75) is 38.0 Å². The highest BCUT2D eigenvalue weighted by atomic mass is 32.2. The molecule has 0 aliphatic carbocycles. The molecule has 1 fully saturated rings. The number of sulfonamides is 1. The van der Waals surface area contributed by atoms with Crippen molar-refractivity contribution in [1.82, 2.24) is 9.21 Å². The number of anilines is 1. The van der Waals surface area contributed by atoms with Gasteiger partial charge in [-0.05, 0) is 43.1 Å². The average molecular weight is 365 g/mol. The van der Waals surface area contributed by atoms with E-state index in [4.69, 9.17) is 0 Å². The van der Waals surface area contributed by atoms with Crippen molar-refractivity contribution in [2.24, 2.45) is 0 Å².